The highest BCUT2D eigenvalue weighted by atomic mass is 33.1. The Morgan fingerprint density at radius 2 is 2.15 bits per heavy atom. The van der Waals surface area contributed by atoms with Gasteiger partial charge in [0.2, 0.25) is 0 Å². The molecule has 0 bridgehead atoms. The highest BCUT2D eigenvalue weighted by molar-refractivity contribution is 8.69. The van der Waals surface area contributed by atoms with Gasteiger partial charge in [0.05, 0.1) is 0 Å². The summed E-state index contributed by atoms with van der Waals surface area (Å²) < 4.78 is 28.8. The van der Waals surface area contributed by atoms with Crippen LogP contribution in [0.2, 0.25) is 0 Å². The zero-order valence-electron chi connectivity index (χ0n) is 7.40. The van der Waals surface area contributed by atoms with Crippen molar-refractivity contribution in [2.24, 2.45) is 0 Å². The highest BCUT2D eigenvalue weighted by Gasteiger charge is 2.02. The van der Waals surface area contributed by atoms with E-state index < -0.39 is 9.15 Å². The molecule has 0 rings (SSSR count). The van der Waals surface area contributed by atoms with Gasteiger partial charge in [-0.25, -0.2) is 0 Å². The number of hydrogen-bond donors (Lipinski definition) is 2. The molecule has 0 aromatic carbocycles. The zero-order chi connectivity index (χ0) is 10.2. The van der Waals surface area contributed by atoms with Crippen LogP contribution in [0.25, 0.3) is 0 Å². The Balaban J connectivity index is 3.13. The quantitative estimate of drug-likeness (QED) is 0.280. The minimum absolute atomic E-state index is 0.368. The Bertz CT molecular complexity index is 226. The van der Waals surface area contributed by atoms with Crippen LogP contribution in [0.5, 0.6) is 0 Å². The molecule has 78 valence electrons. The van der Waals surface area contributed by atoms with E-state index in [1.807, 2.05) is 6.08 Å². The van der Waals surface area contributed by atoms with E-state index in [4.69, 9.17) is 4.55 Å². The molecule has 0 unspecified atom stereocenters. The highest BCUT2D eigenvalue weighted by Crippen LogP contribution is 2.06. The van der Waals surface area contributed by atoms with Crippen LogP contribution in [0.15, 0.2) is 12.7 Å². The molecule has 0 aromatic rings. The van der Waals surface area contributed by atoms with E-state index in [2.05, 4.69) is 11.9 Å². The zero-order valence-corrected chi connectivity index (χ0v) is 9.03. The predicted octanol–water partition coefficient (Wildman–Crippen LogP) is 1.08. The molecule has 0 aliphatic rings. The third-order valence-electron chi connectivity index (χ3n) is 1.27. The Kier molecular flexibility index (Phi) is 7.35. The summed E-state index contributed by atoms with van der Waals surface area (Å²) in [6, 6.07) is 0. The molecular formula is C7H15NO3S2. The Morgan fingerprint density at radius 1 is 1.46 bits per heavy atom. The van der Waals surface area contributed by atoms with Crippen LogP contribution in [-0.4, -0.2) is 31.8 Å². The predicted molar refractivity (Wildman–Crippen MR) is 56.3 cm³/mol. The first-order valence-electron chi connectivity index (χ1n) is 3.99. The van der Waals surface area contributed by atoms with Gasteiger partial charge >= 0.3 is 9.15 Å². The van der Waals surface area contributed by atoms with E-state index >= 15 is 0 Å². The summed E-state index contributed by atoms with van der Waals surface area (Å²) >= 11 is 0. The fraction of sp³-hybridized carbons (Fsp3) is 0.714. The average molecular weight is 225 g/mol. The molecule has 6 heteroatoms. The van der Waals surface area contributed by atoms with Crippen LogP contribution in [0.4, 0.5) is 0 Å². The maximum atomic E-state index is 10.2. The van der Waals surface area contributed by atoms with Gasteiger partial charge in [-0.1, -0.05) is 6.08 Å². The number of rotatable bonds is 8. The van der Waals surface area contributed by atoms with E-state index in [0.717, 1.165) is 19.4 Å². The van der Waals surface area contributed by atoms with Crippen molar-refractivity contribution in [2.45, 2.75) is 12.8 Å². The van der Waals surface area contributed by atoms with E-state index in [-0.39, 0.29) is 0 Å². The molecule has 0 spiro atoms. The fourth-order valence-corrected chi connectivity index (χ4v) is 2.04. The summed E-state index contributed by atoms with van der Waals surface area (Å²) in [5, 5.41) is 3.05. The smallest absolute Gasteiger partial charge is 0.316 e. The molecule has 0 amide bonds. The van der Waals surface area contributed by atoms with Gasteiger partial charge in [-0.2, -0.15) is 8.42 Å². The molecule has 0 heterocycles. The van der Waals surface area contributed by atoms with Crippen molar-refractivity contribution in [3.05, 3.63) is 12.7 Å². The third-order valence-corrected chi connectivity index (χ3v) is 3.34. The standard InChI is InChI=1S/C7H15NO3S2/c1-2-3-4-5-8-6-7-12-13(9,10)11/h2,8H,1,3-7H2,(H,9,10,11). The molecular weight excluding hydrogens is 210 g/mol. The lowest BCUT2D eigenvalue weighted by molar-refractivity contribution is 0.503. The maximum Gasteiger partial charge on any atom is 0.319 e. The summed E-state index contributed by atoms with van der Waals surface area (Å²) in [6.07, 6.45) is 3.80. The molecule has 2 N–H and O–H groups in total. The van der Waals surface area contributed by atoms with Gasteiger partial charge in [-0.05, 0) is 30.2 Å². The van der Waals surface area contributed by atoms with Crippen molar-refractivity contribution in [1.29, 1.82) is 0 Å². The van der Waals surface area contributed by atoms with E-state index in [0.29, 0.717) is 23.1 Å². The molecule has 0 saturated heterocycles. The maximum absolute atomic E-state index is 10.2. The summed E-state index contributed by atoms with van der Waals surface area (Å²) in [5.41, 5.74) is 0. The topological polar surface area (TPSA) is 66.4 Å². The molecule has 0 radical (unpaired) electrons. The number of allylic oxidation sites excluding steroid dienone is 1. The number of unbranched alkanes of at least 4 members (excludes halogenated alkanes) is 1. The normalized spacial score (nSPS) is 11.5. The Labute approximate surface area is 82.9 Å². The summed E-state index contributed by atoms with van der Waals surface area (Å²) in [5.74, 6) is 0.368. The van der Waals surface area contributed by atoms with Crippen LogP contribution in [0.1, 0.15) is 12.8 Å². The second-order valence-corrected chi connectivity index (χ2v) is 5.90. The minimum atomic E-state index is -3.86. The Morgan fingerprint density at radius 3 is 2.69 bits per heavy atom. The lowest BCUT2D eigenvalue weighted by atomic mass is 10.3. The van der Waals surface area contributed by atoms with Gasteiger partial charge in [0.15, 0.2) is 0 Å². The molecule has 0 aliphatic heterocycles. The average Bonchev–Trinajstić information content (AvgIpc) is 2.01. The first-order chi connectivity index (χ1) is 6.06. The van der Waals surface area contributed by atoms with Gasteiger partial charge in [0, 0.05) is 12.3 Å². The molecule has 13 heavy (non-hydrogen) atoms. The van der Waals surface area contributed by atoms with Crippen molar-refractivity contribution >= 4 is 19.9 Å². The molecule has 0 atom stereocenters. The van der Waals surface area contributed by atoms with Crippen LogP contribution in [0.3, 0.4) is 0 Å². The monoisotopic (exact) mass is 225 g/mol. The van der Waals surface area contributed by atoms with Gasteiger partial charge in [-0.15, -0.1) is 6.58 Å². The van der Waals surface area contributed by atoms with Crippen LogP contribution in [-0.2, 0) is 9.15 Å². The van der Waals surface area contributed by atoms with Gasteiger partial charge < -0.3 is 5.32 Å². The molecule has 0 aliphatic carbocycles. The van der Waals surface area contributed by atoms with Crippen molar-refractivity contribution in [3.8, 4) is 0 Å². The van der Waals surface area contributed by atoms with E-state index in [1.54, 1.807) is 0 Å². The molecule has 0 fully saturated rings. The largest absolute Gasteiger partial charge is 0.319 e. The fourth-order valence-electron chi connectivity index (χ4n) is 0.716. The van der Waals surface area contributed by atoms with Gasteiger partial charge in [0.25, 0.3) is 0 Å². The van der Waals surface area contributed by atoms with Crippen LogP contribution < -0.4 is 5.32 Å². The minimum Gasteiger partial charge on any atom is -0.316 e. The van der Waals surface area contributed by atoms with E-state index in [9.17, 15) is 8.42 Å². The number of nitrogens with one attached hydrogen (secondary N) is 1. The first-order valence-corrected chi connectivity index (χ1v) is 6.94. The SMILES string of the molecule is C=CCCCNCCSS(=O)(=O)O. The second kappa shape index (κ2) is 7.37. The summed E-state index contributed by atoms with van der Waals surface area (Å²) in [4.78, 5) is 0. The molecule has 0 aromatic heterocycles. The molecule has 0 saturated carbocycles. The lowest BCUT2D eigenvalue weighted by Crippen LogP contribution is -2.18. The van der Waals surface area contributed by atoms with Gasteiger partial charge in [0.1, 0.15) is 0 Å². The third kappa shape index (κ3) is 12.0. The van der Waals surface area contributed by atoms with Gasteiger partial charge in [-0.3, -0.25) is 4.55 Å². The van der Waals surface area contributed by atoms with Crippen molar-refractivity contribution in [1.82, 2.24) is 5.32 Å². The summed E-state index contributed by atoms with van der Waals surface area (Å²) in [6.45, 7) is 5.01. The first kappa shape index (κ1) is 13.0. The number of hydrogen-bond acceptors (Lipinski definition) is 4. The second-order valence-electron chi connectivity index (χ2n) is 2.43. The van der Waals surface area contributed by atoms with Crippen molar-refractivity contribution in [3.63, 3.8) is 0 Å². The van der Waals surface area contributed by atoms with Crippen molar-refractivity contribution < 1.29 is 13.0 Å². The summed E-state index contributed by atoms with van der Waals surface area (Å²) in [7, 11) is -3.32. The molecule has 4 nitrogen and oxygen atoms in total. The van der Waals surface area contributed by atoms with Crippen LogP contribution >= 0.6 is 10.8 Å². The van der Waals surface area contributed by atoms with Crippen LogP contribution in [0, 0.1) is 0 Å². The van der Waals surface area contributed by atoms with E-state index in [1.165, 1.54) is 0 Å². The Hall–Kier alpha value is -0.0400. The lowest BCUT2D eigenvalue weighted by Gasteiger charge is -2.01. The van der Waals surface area contributed by atoms with Crippen molar-refractivity contribution in [2.75, 3.05) is 18.8 Å².